The van der Waals surface area contributed by atoms with Crippen LogP contribution < -0.4 is 10.1 Å². The van der Waals surface area contributed by atoms with Crippen molar-refractivity contribution in [2.24, 2.45) is 11.8 Å². The molecular formula is C25H31NO6. The molecule has 3 rings (SSSR count). The predicted octanol–water partition coefficient (Wildman–Crippen LogP) is 3.65. The number of rotatable bonds is 6. The topological polar surface area (TPSA) is 90.9 Å². The Kier molecular flexibility index (Phi) is 7.06. The Labute approximate surface area is 188 Å². The lowest BCUT2D eigenvalue weighted by molar-refractivity contribution is -0.151. The van der Waals surface area contributed by atoms with Gasteiger partial charge in [0.25, 0.3) is 0 Å². The SMILES string of the molecule is CCOc1ccc(C2C(C(=O)OC(C)C)=C(C)NC3=C2C(=O)C(C(=O)OC)C(C)C3)cc1. The van der Waals surface area contributed by atoms with Crippen molar-refractivity contribution >= 4 is 17.7 Å². The lowest BCUT2D eigenvalue weighted by Crippen LogP contribution is -2.43. The molecule has 7 nitrogen and oxygen atoms in total. The van der Waals surface area contributed by atoms with E-state index in [1.165, 1.54) is 7.11 Å². The minimum absolute atomic E-state index is 0.223. The van der Waals surface area contributed by atoms with Crippen LogP contribution in [0, 0.1) is 11.8 Å². The fraction of sp³-hybridized carbons (Fsp3) is 0.480. The zero-order chi connectivity index (χ0) is 23.6. The van der Waals surface area contributed by atoms with Gasteiger partial charge in [-0.2, -0.15) is 0 Å². The summed E-state index contributed by atoms with van der Waals surface area (Å²) in [7, 11) is 1.28. The number of carbonyl (C=O) groups excluding carboxylic acids is 3. The fourth-order valence-corrected chi connectivity index (χ4v) is 4.49. The number of dihydropyridines is 1. The molecule has 2 aliphatic rings. The van der Waals surface area contributed by atoms with Gasteiger partial charge in [-0.3, -0.25) is 9.59 Å². The summed E-state index contributed by atoms with van der Waals surface area (Å²) in [6, 6.07) is 7.32. The van der Waals surface area contributed by atoms with Crippen molar-refractivity contribution < 1.29 is 28.6 Å². The second-order valence-corrected chi connectivity index (χ2v) is 8.49. The molecule has 1 aromatic carbocycles. The van der Waals surface area contributed by atoms with Crippen molar-refractivity contribution in [3.05, 3.63) is 52.4 Å². The highest BCUT2D eigenvalue weighted by molar-refractivity contribution is 6.12. The zero-order valence-corrected chi connectivity index (χ0v) is 19.5. The average molecular weight is 442 g/mol. The summed E-state index contributed by atoms with van der Waals surface area (Å²) in [4.78, 5) is 39.2. The maximum atomic E-state index is 13.6. The number of nitrogens with one attached hydrogen (secondary N) is 1. The lowest BCUT2D eigenvalue weighted by atomic mass is 9.69. The Morgan fingerprint density at radius 3 is 2.41 bits per heavy atom. The number of benzene rings is 1. The molecule has 1 N–H and O–H groups in total. The second kappa shape index (κ2) is 9.59. The molecule has 3 unspecified atom stereocenters. The van der Waals surface area contributed by atoms with Crippen LogP contribution in [0.15, 0.2) is 46.8 Å². The van der Waals surface area contributed by atoms with Gasteiger partial charge in [-0.25, -0.2) is 4.79 Å². The standard InChI is InChI=1S/C25H31NO6/c1-7-31-17-10-8-16(9-11-17)21-20(25(29)32-13(2)3)15(5)26-18-12-14(4)19(24(28)30-6)23(27)22(18)21/h8-11,13-14,19,21,26H,7,12H2,1-6H3. The molecular weight excluding hydrogens is 410 g/mol. The predicted molar refractivity (Wildman–Crippen MR) is 119 cm³/mol. The van der Waals surface area contributed by atoms with Crippen LogP contribution >= 0.6 is 0 Å². The van der Waals surface area contributed by atoms with E-state index in [1.807, 2.05) is 45.0 Å². The number of hydrogen-bond acceptors (Lipinski definition) is 7. The number of carbonyl (C=O) groups is 3. The Morgan fingerprint density at radius 1 is 1.19 bits per heavy atom. The minimum Gasteiger partial charge on any atom is -0.494 e. The number of ketones is 1. The van der Waals surface area contributed by atoms with Gasteiger partial charge in [-0.05, 0) is 57.7 Å². The Hall–Kier alpha value is -3.09. The van der Waals surface area contributed by atoms with Gasteiger partial charge in [0.1, 0.15) is 11.7 Å². The first-order valence-electron chi connectivity index (χ1n) is 11.0. The van der Waals surface area contributed by atoms with Gasteiger partial charge in [0.05, 0.1) is 25.4 Å². The van der Waals surface area contributed by atoms with E-state index in [1.54, 1.807) is 13.8 Å². The Morgan fingerprint density at radius 2 is 1.84 bits per heavy atom. The van der Waals surface area contributed by atoms with Gasteiger partial charge in [0, 0.05) is 22.9 Å². The lowest BCUT2D eigenvalue weighted by Gasteiger charge is -2.38. The molecule has 1 aliphatic heterocycles. The largest absolute Gasteiger partial charge is 0.494 e. The quantitative estimate of drug-likeness (QED) is 0.532. The minimum atomic E-state index is -0.911. The van der Waals surface area contributed by atoms with Crippen molar-refractivity contribution in [2.75, 3.05) is 13.7 Å². The first kappa shape index (κ1) is 23.6. The third-order valence-corrected chi connectivity index (χ3v) is 5.83. The second-order valence-electron chi connectivity index (χ2n) is 8.49. The molecule has 0 saturated heterocycles. The molecule has 3 atom stereocenters. The molecule has 0 aromatic heterocycles. The number of methoxy groups -OCH3 is 1. The molecule has 0 fully saturated rings. The summed E-state index contributed by atoms with van der Waals surface area (Å²) in [5, 5.41) is 3.25. The number of allylic oxidation sites excluding steroid dienone is 3. The summed E-state index contributed by atoms with van der Waals surface area (Å²) < 4.78 is 16.0. The number of hydrogen-bond donors (Lipinski definition) is 1. The van der Waals surface area contributed by atoms with E-state index in [2.05, 4.69) is 5.32 Å². The van der Waals surface area contributed by atoms with Crippen LogP contribution in [-0.2, 0) is 23.9 Å². The van der Waals surface area contributed by atoms with E-state index in [9.17, 15) is 14.4 Å². The van der Waals surface area contributed by atoms with Crippen LogP contribution in [0.1, 0.15) is 52.5 Å². The van der Waals surface area contributed by atoms with Crippen molar-refractivity contribution in [1.29, 1.82) is 0 Å². The molecule has 0 bridgehead atoms. The number of ether oxygens (including phenoxy) is 3. The fourth-order valence-electron chi connectivity index (χ4n) is 4.49. The van der Waals surface area contributed by atoms with Gasteiger partial charge in [0.2, 0.25) is 0 Å². The van der Waals surface area contributed by atoms with Crippen LogP contribution in [0.2, 0.25) is 0 Å². The van der Waals surface area contributed by atoms with Crippen LogP contribution in [0.3, 0.4) is 0 Å². The summed E-state index contributed by atoms with van der Waals surface area (Å²) in [6.07, 6.45) is 0.183. The van der Waals surface area contributed by atoms with Gasteiger partial charge in [0.15, 0.2) is 5.78 Å². The van der Waals surface area contributed by atoms with Gasteiger partial charge in [-0.1, -0.05) is 19.1 Å². The third-order valence-electron chi connectivity index (χ3n) is 5.83. The van der Waals surface area contributed by atoms with Gasteiger partial charge < -0.3 is 19.5 Å². The van der Waals surface area contributed by atoms with Gasteiger partial charge >= 0.3 is 11.9 Å². The third kappa shape index (κ3) is 4.42. The molecule has 0 amide bonds. The van der Waals surface area contributed by atoms with E-state index in [4.69, 9.17) is 14.2 Å². The van der Waals surface area contributed by atoms with E-state index in [-0.39, 0.29) is 17.8 Å². The molecule has 32 heavy (non-hydrogen) atoms. The normalized spacial score (nSPS) is 23.0. The van der Waals surface area contributed by atoms with Crippen LogP contribution in [-0.4, -0.2) is 37.5 Å². The number of esters is 2. The molecule has 0 saturated carbocycles. The summed E-state index contributed by atoms with van der Waals surface area (Å²) >= 11 is 0. The van der Waals surface area contributed by atoms with Crippen molar-refractivity contribution in [2.45, 2.75) is 53.1 Å². The van der Waals surface area contributed by atoms with Crippen LogP contribution in [0.4, 0.5) is 0 Å². The summed E-state index contributed by atoms with van der Waals surface area (Å²) in [5.74, 6) is -2.46. The van der Waals surface area contributed by atoms with E-state index < -0.39 is 23.8 Å². The number of Topliss-reactive ketones (excluding diaryl/α,β-unsaturated/α-hetero) is 1. The summed E-state index contributed by atoms with van der Waals surface area (Å²) in [6.45, 7) is 9.66. The van der Waals surface area contributed by atoms with Crippen molar-refractivity contribution in [3.8, 4) is 5.75 Å². The molecule has 172 valence electrons. The van der Waals surface area contributed by atoms with Crippen LogP contribution in [0.5, 0.6) is 5.75 Å². The maximum Gasteiger partial charge on any atom is 0.337 e. The smallest absolute Gasteiger partial charge is 0.337 e. The molecule has 7 heteroatoms. The maximum absolute atomic E-state index is 13.6. The van der Waals surface area contributed by atoms with Crippen molar-refractivity contribution in [3.63, 3.8) is 0 Å². The molecule has 1 aromatic rings. The van der Waals surface area contributed by atoms with E-state index in [0.717, 1.165) is 11.3 Å². The highest BCUT2D eigenvalue weighted by Crippen LogP contribution is 2.45. The Balaban J connectivity index is 2.15. The molecule has 1 heterocycles. The van der Waals surface area contributed by atoms with Crippen molar-refractivity contribution in [1.82, 2.24) is 5.32 Å². The molecule has 1 aliphatic carbocycles. The van der Waals surface area contributed by atoms with Crippen LogP contribution in [0.25, 0.3) is 0 Å². The zero-order valence-electron chi connectivity index (χ0n) is 19.5. The molecule has 0 radical (unpaired) electrons. The van der Waals surface area contributed by atoms with Gasteiger partial charge in [-0.15, -0.1) is 0 Å². The first-order chi connectivity index (χ1) is 15.2. The Bertz CT molecular complexity index is 973. The van der Waals surface area contributed by atoms with E-state index >= 15 is 0 Å². The summed E-state index contributed by atoms with van der Waals surface area (Å²) in [5.41, 5.74) is 2.92. The average Bonchev–Trinajstić information content (AvgIpc) is 2.72. The first-order valence-corrected chi connectivity index (χ1v) is 11.0. The highest BCUT2D eigenvalue weighted by Gasteiger charge is 2.47. The highest BCUT2D eigenvalue weighted by atomic mass is 16.5. The monoisotopic (exact) mass is 441 g/mol. The molecule has 0 spiro atoms. The van der Waals surface area contributed by atoms with E-state index in [0.29, 0.717) is 35.6 Å².